The summed E-state index contributed by atoms with van der Waals surface area (Å²) < 4.78 is 16.1. The Balaban J connectivity index is 0.975. The van der Waals surface area contributed by atoms with Gasteiger partial charge in [-0.1, -0.05) is 146 Å². The monoisotopic (exact) mass is 748 g/mol. The van der Waals surface area contributed by atoms with Crippen molar-refractivity contribution in [3.63, 3.8) is 0 Å². The molecular formula is C52H36N4O2. The maximum absolute atomic E-state index is 6.87. The maximum atomic E-state index is 6.87. The molecule has 0 saturated heterocycles. The summed E-state index contributed by atoms with van der Waals surface area (Å²) in [6, 6.07) is 64.0. The first-order valence-corrected chi connectivity index (χ1v) is 19.7. The molecule has 0 aliphatic carbocycles. The van der Waals surface area contributed by atoms with E-state index in [-0.39, 0.29) is 12.3 Å². The first-order chi connectivity index (χ1) is 28.7. The highest BCUT2D eigenvalue weighted by Crippen LogP contribution is 2.43. The molecule has 0 amide bonds. The van der Waals surface area contributed by atoms with Gasteiger partial charge in [0, 0.05) is 60.8 Å². The molecule has 2 unspecified atom stereocenters. The van der Waals surface area contributed by atoms with Crippen molar-refractivity contribution in [1.82, 2.24) is 14.8 Å². The fraction of sp³-hybridized carbons (Fsp3) is 0.0577. The van der Waals surface area contributed by atoms with E-state index < -0.39 is 0 Å². The molecule has 1 aliphatic rings. The molecule has 4 heterocycles. The highest BCUT2D eigenvalue weighted by molar-refractivity contribution is 6.15. The molecule has 6 heteroatoms. The van der Waals surface area contributed by atoms with Gasteiger partial charge in [-0.05, 0) is 48.5 Å². The molecule has 0 spiro atoms. The van der Waals surface area contributed by atoms with Crippen molar-refractivity contribution in [2.24, 2.45) is 4.99 Å². The average Bonchev–Trinajstić information content (AvgIpc) is 3.96. The largest absolute Gasteiger partial charge is 0.455 e. The second-order valence-electron chi connectivity index (χ2n) is 15.2. The van der Waals surface area contributed by atoms with Gasteiger partial charge >= 0.3 is 0 Å². The second kappa shape index (κ2) is 12.8. The summed E-state index contributed by atoms with van der Waals surface area (Å²) in [7, 11) is 2.13. The number of aromatic nitrogens is 1. The van der Waals surface area contributed by atoms with E-state index in [2.05, 4.69) is 198 Å². The number of hydrogen-bond donors (Lipinski definition) is 1. The lowest BCUT2D eigenvalue weighted by Crippen LogP contribution is -2.45. The summed E-state index contributed by atoms with van der Waals surface area (Å²) >= 11 is 0. The minimum atomic E-state index is -0.240. The summed E-state index contributed by atoms with van der Waals surface area (Å²) in [5.74, 6) is 0.866. The molecule has 0 bridgehead atoms. The zero-order valence-electron chi connectivity index (χ0n) is 31.6. The quantitative estimate of drug-likeness (QED) is 0.190. The van der Waals surface area contributed by atoms with Crippen LogP contribution in [-0.2, 0) is 0 Å². The number of aliphatic imine (C=N–C) groups is 1. The first-order valence-electron chi connectivity index (χ1n) is 19.7. The van der Waals surface area contributed by atoms with Crippen LogP contribution < -0.4 is 5.32 Å². The minimum Gasteiger partial charge on any atom is -0.455 e. The van der Waals surface area contributed by atoms with Gasteiger partial charge in [-0.3, -0.25) is 4.90 Å². The predicted molar refractivity (Wildman–Crippen MR) is 237 cm³/mol. The van der Waals surface area contributed by atoms with Gasteiger partial charge in [0.15, 0.2) is 0 Å². The summed E-state index contributed by atoms with van der Waals surface area (Å²) in [4.78, 5) is 7.57. The van der Waals surface area contributed by atoms with Gasteiger partial charge in [0.05, 0.1) is 11.0 Å². The van der Waals surface area contributed by atoms with Crippen molar-refractivity contribution in [2.75, 3.05) is 7.05 Å². The van der Waals surface area contributed by atoms with E-state index in [4.69, 9.17) is 13.8 Å². The fourth-order valence-electron chi connectivity index (χ4n) is 9.17. The van der Waals surface area contributed by atoms with E-state index in [0.717, 1.165) is 77.7 Å². The summed E-state index contributed by atoms with van der Waals surface area (Å²) in [5, 5.41) is 10.5. The molecule has 0 saturated carbocycles. The van der Waals surface area contributed by atoms with Crippen LogP contribution >= 0.6 is 0 Å². The van der Waals surface area contributed by atoms with Crippen LogP contribution in [0.2, 0.25) is 0 Å². The van der Waals surface area contributed by atoms with Crippen LogP contribution in [-0.4, -0.2) is 22.4 Å². The Morgan fingerprint density at radius 2 is 1.03 bits per heavy atom. The second-order valence-corrected chi connectivity index (χ2v) is 15.2. The van der Waals surface area contributed by atoms with Crippen LogP contribution in [0.25, 0.3) is 82.5 Å². The molecule has 58 heavy (non-hydrogen) atoms. The molecule has 1 N–H and O–H groups in total. The third-order valence-electron chi connectivity index (χ3n) is 11.9. The summed E-state index contributed by atoms with van der Waals surface area (Å²) in [6.07, 6.45) is -0.310. The van der Waals surface area contributed by atoms with Gasteiger partial charge in [-0.15, -0.1) is 0 Å². The molecule has 0 radical (unpaired) electrons. The zero-order valence-corrected chi connectivity index (χ0v) is 31.6. The molecule has 6 nitrogen and oxygen atoms in total. The predicted octanol–water partition coefficient (Wildman–Crippen LogP) is 12.9. The SMILES string of the molecule is CN1C(c2ccc3c(c2)oc2c(-c4cccc5c4oc4cc(-n6c7ccccc7c7ccccc76)ccc45)cccc23)N=C(c2ccccc2)NC1c1ccccc1. The molecule has 11 aromatic rings. The standard InChI is InChI=1S/C52H36N4O2/c1-55-51(33-16-6-3-7-17-33)53-50(32-14-4-2-5-15-32)54-52(55)34-26-28-38-40-20-12-22-42(48(40)57-46(38)30-34)43-23-13-21-41-39-29-27-35(31-47(39)58-49(41)43)56-44-24-10-8-18-36(44)37-19-9-11-25-45(37)56/h2-31,51-52H,1H3,(H,53,54). The Morgan fingerprint density at radius 1 is 0.483 bits per heavy atom. The van der Waals surface area contributed by atoms with Gasteiger partial charge < -0.3 is 18.7 Å². The molecule has 12 rings (SSSR count). The van der Waals surface area contributed by atoms with E-state index in [1.807, 2.05) is 6.07 Å². The van der Waals surface area contributed by atoms with Crippen molar-refractivity contribution in [2.45, 2.75) is 12.3 Å². The molecule has 1 aliphatic heterocycles. The van der Waals surface area contributed by atoms with Crippen LogP contribution in [0, 0.1) is 0 Å². The zero-order chi connectivity index (χ0) is 38.3. The van der Waals surface area contributed by atoms with Crippen molar-refractivity contribution in [1.29, 1.82) is 0 Å². The molecule has 2 atom stereocenters. The third kappa shape index (κ3) is 4.98. The van der Waals surface area contributed by atoms with Crippen LogP contribution in [0.5, 0.6) is 0 Å². The van der Waals surface area contributed by atoms with Gasteiger partial charge in [-0.2, -0.15) is 0 Å². The number of nitrogens with zero attached hydrogens (tertiary/aromatic N) is 3. The molecular weight excluding hydrogens is 713 g/mol. The van der Waals surface area contributed by atoms with E-state index in [1.165, 1.54) is 27.4 Å². The molecule has 276 valence electrons. The van der Waals surface area contributed by atoms with Crippen LogP contribution in [0.4, 0.5) is 0 Å². The number of fused-ring (bicyclic) bond motifs is 9. The molecule has 8 aromatic carbocycles. The average molecular weight is 749 g/mol. The van der Waals surface area contributed by atoms with E-state index in [0.29, 0.717) is 0 Å². The number of rotatable bonds is 5. The summed E-state index contributed by atoms with van der Waals surface area (Å²) in [6.45, 7) is 0. The smallest absolute Gasteiger partial charge is 0.143 e. The Hall–Kier alpha value is -7.41. The third-order valence-corrected chi connectivity index (χ3v) is 11.9. The van der Waals surface area contributed by atoms with Crippen molar-refractivity contribution in [3.8, 4) is 16.8 Å². The number of furan rings is 2. The van der Waals surface area contributed by atoms with Gasteiger partial charge in [0.1, 0.15) is 40.5 Å². The van der Waals surface area contributed by atoms with Gasteiger partial charge in [-0.25, -0.2) is 4.99 Å². The van der Waals surface area contributed by atoms with Gasteiger partial charge in [0.25, 0.3) is 0 Å². The number of nitrogens with one attached hydrogen (secondary N) is 1. The van der Waals surface area contributed by atoms with Crippen molar-refractivity contribution < 1.29 is 8.83 Å². The number of hydrogen-bond acceptors (Lipinski definition) is 5. The van der Waals surface area contributed by atoms with Crippen molar-refractivity contribution in [3.05, 3.63) is 199 Å². The number of para-hydroxylation sites is 4. The Morgan fingerprint density at radius 3 is 1.69 bits per heavy atom. The van der Waals surface area contributed by atoms with Gasteiger partial charge in [0.2, 0.25) is 0 Å². The first kappa shape index (κ1) is 32.8. The minimum absolute atomic E-state index is 0.0702. The summed E-state index contributed by atoms with van der Waals surface area (Å²) in [5.41, 5.74) is 12.0. The van der Waals surface area contributed by atoms with E-state index >= 15 is 0 Å². The Labute approximate surface area is 333 Å². The van der Waals surface area contributed by atoms with Crippen LogP contribution in [0.15, 0.2) is 196 Å². The van der Waals surface area contributed by atoms with E-state index in [1.54, 1.807) is 0 Å². The highest BCUT2D eigenvalue weighted by atomic mass is 16.3. The highest BCUT2D eigenvalue weighted by Gasteiger charge is 2.32. The maximum Gasteiger partial charge on any atom is 0.143 e. The van der Waals surface area contributed by atoms with E-state index in [9.17, 15) is 0 Å². The van der Waals surface area contributed by atoms with Crippen molar-refractivity contribution >= 4 is 71.5 Å². The fourth-order valence-corrected chi connectivity index (χ4v) is 9.17. The Kier molecular flexibility index (Phi) is 7.25. The van der Waals surface area contributed by atoms with Crippen LogP contribution in [0.3, 0.4) is 0 Å². The Bertz CT molecular complexity index is 3360. The number of amidine groups is 1. The molecule has 3 aromatic heterocycles. The molecule has 0 fully saturated rings. The topological polar surface area (TPSA) is 58.8 Å². The lowest BCUT2D eigenvalue weighted by molar-refractivity contribution is 0.152. The lowest BCUT2D eigenvalue weighted by atomic mass is 9.99. The normalized spacial score (nSPS) is 16.2. The number of benzene rings is 8. The lowest BCUT2D eigenvalue weighted by Gasteiger charge is -2.39. The van der Waals surface area contributed by atoms with Crippen LogP contribution in [0.1, 0.15) is 29.0 Å².